The Kier molecular flexibility index (Phi) is 4.08. The van der Waals surface area contributed by atoms with Crippen molar-refractivity contribution in [2.45, 2.75) is 32.6 Å². The van der Waals surface area contributed by atoms with Crippen molar-refractivity contribution in [2.24, 2.45) is 0 Å². The van der Waals surface area contributed by atoms with Crippen LogP contribution in [0.2, 0.25) is 0 Å². The van der Waals surface area contributed by atoms with E-state index in [4.69, 9.17) is 0 Å². The number of alkyl halides is 3. The lowest BCUT2D eigenvalue weighted by Crippen LogP contribution is -2.22. The fraction of sp³-hybridized carbons (Fsp3) is 0.385. The molecule has 1 N–H and O–H groups in total. The number of aromatic nitrogens is 3. The van der Waals surface area contributed by atoms with E-state index >= 15 is 0 Å². The molecular formula is C13H15F3N4. The summed E-state index contributed by atoms with van der Waals surface area (Å²) in [4.78, 5) is 3.68. The molecule has 0 spiro atoms. The Morgan fingerprint density at radius 3 is 2.60 bits per heavy atom. The van der Waals surface area contributed by atoms with Gasteiger partial charge in [-0.3, -0.25) is 0 Å². The lowest BCUT2D eigenvalue weighted by atomic mass is 10.1. The Morgan fingerprint density at radius 2 is 2.05 bits per heavy atom. The average Bonchev–Trinajstić information content (AvgIpc) is 2.88. The summed E-state index contributed by atoms with van der Waals surface area (Å²) in [7, 11) is 0. The second kappa shape index (κ2) is 5.62. The molecule has 0 aliphatic rings. The minimum Gasteiger partial charge on any atom is -0.310 e. The number of nitrogens with zero attached hydrogens (tertiary/aromatic N) is 3. The first-order valence-electron chi connectivity index (χ1n) is 6.16. The number of halogens is 3. The lowest BCUT2D eigenvalue weighted by molar-refractivity contribution is -0.137. The summed E-state index contributed by atoms with van der Waals surface area (Å²) < 4.78 is 40.5. The molecule has 4 nitrogen and oxygen atoms in total. The van der Waals surface area contributed by atoms with Crippen molar-refractivity contribution in [3.8, 4) is 5.69 Å². The lowest BCUT2D eigenvalue weighted by Gasteiger charge is -2.15. The number of hydrogen-bond donors (Lipinski definition) is 1. The zero-order valence-corrected chi connectivity index (χ0v) is 11.1. The van der Waals surface area contributed by atoms with E-state index in [0.717, 1.165) is 10.7 Å². The summed E-state index contributed by atoms with van der Waals surface area (Å²) in [5.41, 5.74) is -0.163. The first kappa shape index (κ1) is 14.5. The predicted octanol–water partition coefficient (Wildman–Crippen LogP) is 2.78. The van der Waals surface area contributed by atoms with E-state index in [1.165, 1.54) is 18.7 Å². The molecule has 20 heavy (non-hydrogen) atoms. The van der Waals surface area contributed by atoms with Gasteiger partial charge in [0, 0.05) is 12.6 Å². The number of nitrogens with one attached hydrogen (secondary N) is 1. The van der Waals surface area contributed by atoms with Gasteiger partial charge < -0.3 is 5.32 Å². The molecule has 0 aliphatic heterocycles. The van der Waals surface area contributed by atoms with Gasteiger partial charge in [0.1, 0.15) is 12.7 Å². The van der Waals surface area contributed by atoms with Crippen molar-refractivity contribution >= 4 is 0 Å². The third-order valence-electron chi connectivity index (χ3n) is 2.75. The molecule has 0 bridgehead atoms. The summed E-state index contributed by atoms with van der Waals surface area (Å²) in [5, 5.41) is 6.85. The maximum absolute atomic E-state index is 13.1. The monoisotopic (exact) mass is 284 g/mol. The van der Waals surface area contributed by atoms with Crippen molar-refractivity contribution in [2.75, 3.05) is 0 Å². The van der Waals surface area contributed by atoms with Gasteiger partial charge in [0.25, 0.3) is 0 Å². The fourth-order valence-corrected chi connectivity index (χ4v) is 1.77. The van der Waals surface area contributed by atoms with Gasteiger partial charge in [0.2, 0.25) is 0 Å². The molecular weight excluding hydrogens is 269 g/mol. The predicted molar refractivity (Wildman–Crippen MR) is 68.3 cm³/mol. The number of benzene rings is 1. The van der Waals surface area contributed by atoms with Crippen molar-refractivity contribution in [3.05, 3.63) is 42.0 Å². The standard InChI is InChI=1S/C13H15F3N4/c1-9(2)18-6-10-3-4-12(20-8-17-7-19-20)11(5-10)13(14,15)16/h3-5,7-9,18H,6H2,1-2H3. The molecule has 0 saturated carbocycles. The van der Waals surface area contributed by atoms with Crippen LogP contribution >= 0.6 is 0 Å². The highest BCUT2D eigenvalue weighted by Gasteiger charge is 2.34. The molecule has 0 unspecified atom stereocenters. The maximum Gasteiger partial charge on any atom is 0.418 e. The van der Waals surface area contributed by atoms with E-state index in [0.29, 0.717) is 12.1 Å². The highest BCUT2D eigenvalue weighted by Crippen LogP contribution is 2.34. The molecule has 0 fully saturated rings. The normalized spacial score (nSPS) is 12.1. The Hall–Kier alpha value is -1.89. The molecule has 2 aromatic rings. The summed E-state index contributed by atoms with van der Waals surface area (Å²) in [6.07, 6.45) is -1.99. The second-order valence-electron chi connectivity index (χ2n) is 4.72. The van der Waals surface area contributed by atoms with Crippen LogP contribution < -0.4 is 5.32 Å². The fourth-order valence-electron chi connectivity index (χ4n) is 1.77. The van der Waals surface area contributed by atoms with Crippen LogP contribution in [-0.2, 0) is 12.7 Å². The topological polar surface area (TPSA) is 42.7 Å². The molecule has 0 aliphatic carbocycles. The molecule has 0 radical (unpaired) electrons. The summed E-state index contributed by atoms with van der Waals surface area (Å²) in [5.74, 6) is 0. The SMILES string of the molecule is CC(C)NCc1ccc(-n2cncn2)c(C(F)(F)F)c1. The molecule has 108 valence electrons. The van der Waals surface area contributed by atoms with Crippen molar-refractivity contribution in [1.82, 2.24) is 20.1 Å². The highest BCUT2D eigenvalue weighted by molar-refractivity contribution is 5.44. The molecule has 0 atom stereocenters. The van der Waals surface area contributed by atoms with E-state index < -0.39 is 11.7 Å². The molecule has 1 aromatic heterocycles. The largest absolute Gasteiger partial charge is 0.418 e. The third-order valence-corrected chi connectivity index (χ3v) is 2.75. The molecule has 1 heterocycles. The quantitative estimate of drug-likeness (QED) is 0.938. The van der Waals surface area contributed by atoms with Gasteiger partial charge in [0.15, 0.2) is 0 Å². The molecule has 1 aromatic carbocycles. The van der Waals surface area contributed by atoms with E-state index in [1.807, 2.05) is 13.8 Å². The summed E-state index contributed by atoms with van der Waals surface area (Å²) in [6, 6.07) is 4.42. The van der Waals surface area contributed by atoms with Crippen LogP contribution in [0.1, 0.15) is 25.0 Å². The zero-order valence-electron chi connectivity index (χ0n) is 11.1. The Bertz CT molecular complexity index is 561. The van der Waals surface area contributed by atoms with E-state index in [2.05, 4.69) is 15.4 Å². The third kappa shape index (κ3) is 3.36. The van der Waals surface area contributed by atoms with Crippen LogP contribution in [-0.4, -0.2) is 20.8 Å². The van der Waals surface area contributed by atoms with E-state index in [1.54, 1.807) is 6.07 Å². The van der Waals surface area contributed by atoms with E-state index in [-0.39, 0.29) is 11.7 Å². The first-order chi connectivity index (χ1) is 9.38. The van der Waals surface area contributed by atoms with Gasteiger partial charge in [-0.25, -0.2) is 9.67 Å². The van der Waals surface area contributed by atoms with Crippen LogP contribution in [0.15, 0.2) is 30.9 Å². The highest BCUT2D eigenvalue weighted by atomic mass is 19.4. The minimum atomic E-state index is -4.44. The van der Waals surface area contributed by atoms with Gasteiger partial charge in [-0.05, 0) is 17.7 Å². The molecule has 7 heteroatoms. The van der Waals surface area contributed by atoms with Gasteiger partial charge >= 0.3 is 6.18 Å². The summed E-state index contributed by atoms with van der Waals surface area (Å²) >= 11 is 0. The van der Waals surface area contributed by atoms with Gasteiger partial charge in [-0.1, -0.05) is 19.9 Å². The van der Waals surface area contributed by atoms with Gasteiger partial charge in [0.05, 0.1) is 11.3 Å². The second-order valence-corrected chi connectivity index (χ2v) is 4.72. The molecule has 0 saturated heterocycles. The van der Waals surface area contributed by atoms with Crippen molar-refractivity contribution in [1.29, 1.82) is 0 Å². The van der Waals surface area contributed by atoms with Crippen LogP contribution in [0, 0.1) is 0 Å². The molecule has 0 amide bonds. The van der Waals surface area contributed by atoms with E-state index in [9.17, 15) is 13.2 Å². The van der Waals surface area contributed by atoms with Gasteiger partial charge in [-0.2, -0.15) is 18.3 Å². The number of rotatable bonds is 4. The van der Waals surface area contributed by atoms with Crippen LogP contribution in [0.4, 0.5) is 13.2 Å². The Balaban J connectivity index is 2.39. The van der Waals surface area contributed by atoms with Crippen molar-refractivity contribution in [3.63, 3.8) is 0 Å². The van der Waals surface area contributed by atoms with Gasteiger partial charge in [-0.15, -0.1) is 0 Å². The van der Waals surface area contributed by atoms with Crippen LogP contribution in [0.3, 0.4) is 0 Å². The maximum atomic E-state index is 13.1. The Morgan fingerprint density at radius 1 is 1.30 bits per heavy atom. The average molecular weight is 284 g/mol. The summed E-state index contributed by atoms with van der Waals surface area (Å²) in [6.45, 7) is 4.27. The molecule has 2 rings (SSSR count). The number of hydrogen-bond acceptors (Lipinski definition) is 3. The smallest absolute Gasteiger partial charge is 0.310 e. The zero-order chi connectivity index (χ0) is 14.8. The van der Waals surface area contributed by atoms with Crippen molar-refractivity contribution < 1.29 is 13.2 Å². The minimum absolute atomic E-state index is 0.0247. The first-order valence-corrected chi connectivity index (χ1v) is 6.16. The Labute approximate surface area is 114 Å². The van der Waals surface area contributed by atoms with Crippen LogP contribution in [0.5, 0.6) is 0 Å². The van der Waals surface area contributed by atoms with Crippen LogP contribution in [0.25, 0.3) is 5.69 Å².